The van der Waals surface area contributed by atoms with Crippen molar-refractivity contribution in [2.24, 2.45) is 0 Å². The summed E-state index contributed by atoms with van der Waals surface area (Å²) in [6, 6.07) is 5.77. The zero-order valence-corrected chi connectivity index (χ0v) is 13.3. The minimum Gasteiger partial charge on any atom is -0.358 e. The van der Waals surface area contributed by atoms with Gasteiger partial charge in [0, 0.05) is 18.8 Å². The van der Waals surface area contributed by atoms with Crippen LogP contribution < -0.4 is 4.90 Å². The third kappa shape index (κ3) is 3.60. The van der Waals surface area contributed by atoms with E-state index in [4.69, 9.17) is 0 Å². The fourth-order valence-electron chi connectivity index (χ4n) is 2.63. The van der Waals surface area contributed by atoms with Gasteiger partial charge in [0.25, 0.3) is 0 Å². The van der Waals surface area contributed by atoms with E-state index >= 15 is 0 Å². The van der Waals surface area contributed by atoms with Crippen molar-refractivity contribution in [3.63, 3.8) is 0 Å². The Morgan fingerprint density at radius 2 is 2.17 bits per heavy atom. The van der Waals surface area contributed by atoms with Crippen LogP contribution in [0.4, 0.5) is 11.6 Å². The third-order valence-electron chi connectivity index (χ3n) is 3.86. The van der Waals surface area contributed by atoms with Gasteiger partial charge in [0.1, 0.15) is 5.69 Å². The Balaban J connectivity index is 1.63. The fraction of sp³-hybridized carbons (Fsp3) is 0.294. The van der Waals surface area contributed by atoms with E-state index in [0.717, 1.165) is 24.2 Å². The first-order valence-electron chi connectivity index (χ1n) is 7.69. The molecule has 0 bridgehead atoms. The van der Waals surface area contributed by atoms with Crippen molar-refractivity contribution in [2.75, 3.05) is 18.0 Å². The molecule has 3 heterocycles. The van der Waals surface area contributed by atoms with E-state index in [-0.39, 0.29) is 5.82 Å². The molecule has 1 aliphatic rings. The predicted molar refractivity (Wildman–Crippen MR) is 90.6 cm³/mol. The lowest BCUT2D eigenvalue weighted by Crippen LogP contribution is -2.31. The van der Waals surface area contributed by atoms with Crippen LogP contribution in [0.25, 0.3) is 0 Å². The van der Waals surface area contributed by atoms with Crippen molar-refractivity contribution < 1.29 is 4.92 Å². The molecule has 0 unspecified atom stereocenters. The minimum absolute atomic E-state index is 0.118. The van der Waals surface area contributed by atoms with Crippen molar-refractivity contribution in [1.82, 2.24) is 15.0 Å². The van der Waals surface area contributed by atoms with Gasteiger partial charge in [-0.05, 0) is 53.8 Å². The molecule has 1 N–H and O–H groups in total. The van der Waals surface area contributed by atoms with E-state index in [9.17, 15) is 10.1 Å². The summed E-state index contributed by atoms with van der Waals surface area (Å²) in [6.45, 7) is 3.35. The zero-order valence-electron chi connectivity index (χ0n) is 13.3. The highest BCUT2D eigenvalue weighted by Crippen LogP contribution is 2.27. The highest BCUT2D eigenvalue weighted by molar-refractivity contribution is 5.54. The number of rotatable bonds is 2. The van der Waals surface area contributed by atoms with Crippen molar-refractivity contribution in [3.8, 4) is 11.8 Å². The second kappa shape index (κ2) is 6.96. The normalized spacial score (nSPS) is 14.0. The number of pyridine rings is 1. The molecular formula is C17H17N5O2. The number of aromatic nitrogens is 3. The highest BCUT2D eigenvalue weighted by atomic mass is 16.6. The van der Waals surface area contributed by atoms with E-state index < -0.39 is 4.92 Å². The van der Waals surface area contributed by atoms with Gasteiger partial charge in [-0.15, -0.1) is 0 Å². The van der Waals surface area contributed by atoms with Crippen LogP contribution >= 0.6 is 0 Å². The molecule has 122 valence electrons. The van der Waals surface area contributed by atoms with E-state index in [1.54, 1.807) is 0 Å². The second-order valence-electron chi connectivity index (χ2n) is 5.56. The largest absolute Gasteiger partial charge is 0.406 e. The smallest absolute Gasteiger partial charge is 0.358 e. The van der Waals surface area contributed by atoms with Gasteiger partial charge < -0.3 is 20.0 Å². The third-order valence-corrected chi connectivity index (χ3v) is 3.86. The Labute approximate surface area is 139 Å². The average molecular weight is 323 g/mol. The molecule has 24 heavy (non-hydrogen) atoms. The summed E-state index contributed by atoms with van der Waals surface area (Å²) in [5, 5.41) is 11.0. The van der Waals surface area contributed by atoms with E-state index in [1.807, 2.05) is 36.1 Å². The van der Waals surface area contributed by atoms with Crippen LogP contribution in [-0.2, 0) is 0 Å². The molecule has 2 aromatic heterocycles. The maximum absolute atomic E-state index is 11.0. The molecule has 2 aromatic rings. The lowest BCUT2D eigenvalue weighted by molar-refractivity contribution is -0.388. The molecule has 3 rings (SSSR count). The Bertz CT molecular complexity index is 834. The fourth-order valence-corrected chi connectivity index (χ4v) is 2.63. The molecule has 0 amide bonds. The molecule has 0 atom stereocenters. The molecule has 0 aliphatic carbocycles. The van der Waals surface area contributed by atoms with Gasteiger partial charge in [-0.25, -0.2) is 4.98 Å². The summed E-state index contributed by atoms with van der Waals surface area (Å²) < 4.78 is 0. The standard InChI is InChI=1S/C17H17N5O2/c1-13-4-2-6-15(20-13)7-3-5-14-8-10-21(11-9-14)16-17(22(23)24)19-12-18-16/h2,4-6,12H,8-11H2,1H3,(H,18,19). The SMILES string of the molecule is Cc1cccc(C#CC=C2CCN(c3[nH]cnc3[N+](=O)[O-])CC2)n1. The number of nitrogens with one attached hydrogen (secondary N) is 1. The number of imidazole rings is 1. The number of H-pyrrole nitrogens is 1. The number of aryl methyl sites for hydroxylation is 1. The summed E-state index contributed by atoms with van der Waals surface area (Å²) >= 11 is 0. The van der Waals surface area contributed by atoms with Gasteiger partial charge in [0.2, 0.25) is 12.1 Å². The molecule has 0 aromatic carbocycles. The zero-order chi connectivity index (χ0) is 16.9. The summed E-state index contributed by atoms with van der Waals surface area (Å²) in [6.07, 6.45) is 4.94. The number of aromatic amines is 1. The quantitative estimate of drug-likeness (QED) is 0.521. The summed E-state index contributed by atoms with van der Waals surface area (Å²) in [5.41, 5.74) is 2.95. The average Bonchev–Trinajstić information content (AvgIpc) is 3.05. The lowest BCUT2D eigenvalue weighted by Gasteiger charge is -2.27. The first-order chi connectivity index (χ1) is 11.6. The number of piperidine rings is 1. The van der Waals surface area contributed by atoms with Crippen molar-refractivity contribution in [2.45, 2.75) is 19.8 Å². The predicted octanol–water partition coefficient (Wildman–Crippen LogP) is 2.60. The second-order valence-corrected chi connectivity index (χ2v) is 5.56. The highest BCUT2D eigenvalue weighted by Gasteiger charge is 2.24. The first-order valence-corrected chi connectivity index (χ1v) is 7.69. The van der Waals surface area contributed by atoms with Crippen LogP contribution in [0, 0.1) is 28.9 Å². The number of hydrogen-bond acceptors (Lipinski definition) is 5. The minimum atomic E-state index is -0.461. The topological polar surface area (TPSA) is 88.0 Å². The molecule has 0 saturated carbocycles. The molecule has 7 heteroatoms. The summed E-state index contributed by atoms with van der Waals surface area (Å²) in [7, 11) is 0. The van der Waals surface area contributed by atoms with Crippen molar-refractivity contribution in [1.29, 1.82) is 0 Å². The summed E-state index contributed by atoms with van der Waals surface area (Å²) in [4.78, 5) is 23.4. The lowest BCUT2D eigenvalue weighted by atomic mass is 10.0. The number of nitro groups is 1. The summed E-state index contributed by atoms with van der Waals surface area (Å²) in [5.74, 6) is 6.46. The molecule has 0 spiro atoms. The molecule has 7 nitrogen and oxygen atoms in total. The number of nitrogens with zero attached hydrogens (tertiary/aromatic N) is 4. The van der Waals surface area contributed by atoms with Crippen LogP contribution in [0.3, 0.4) is 0 Å². The Morgan fingerprint density at radius 3 is 2.88 bits per heavy atom. The Morgan fingerprint density at radius 1 is 1.38 bits per heavy atom. The van der Waals surface area contributed by atoms with Gasteiger partial charge in [-0.3, -0.25) is 0 Å². The monoisotopic (exact) mass is 323 g/mol. The van der Waals surface area contributed by atoms with Gasteiger partial charge in [0.05, 0.1) is 0 Å². The van der Waals surface area contributed by atoms with Gasteiger partial charge in [-0.2, -0.15) is 0 Å². The van der Waals surface area contributed by atoms with Crippen molar-refractivity contribution in [3.05, 3.63) is 57.7 Å². The van der Waals surface area contributed by atoms with E-state index in [1.165, 1.54) is 11.9 Å². The van der Waals surface area contributed by atoms with Gasteiger partial charge in [0.15, 0.2) is 0 Å². The Kier molecular flexibility index (Phi) is 4.57. The van der Waals surface area contributed by atoms with Crippen LogP contribution in [0.1, 0.15) is 24.2 Å². The molecule has 1 fully saturated rings. The van der Waals surface area contributed by atoms with Crippen LogP contribution in [-0.4, -0.2) is 33.0 Å². The maximum atomic E-state index is 11.0. The number of anilines is 1. The molecule has 1 aliphatic heterocycles. The molecule has 0 radical (unpaired) electrons. The van der Waals surface area contributed by atoms with E-state index in [0.29, 0.717) is 18.9 Å². The van der Waals surface area contributed by atoms with Gasteiger partial charge >= 0.3 is 5.82 Å². The number of hydrogen-bond donors (Lipinski definition) is 1. The van der Waals surface area contributed by atoms with Crippen LogP contribution in [0.15, 0.2) is 36.2 Å². The number of allylic oxidation sites excluding steroid dienone is 1. The van der Waals surface area contributed by atoms with Crippen LogP contribution in [0.2, 0.25) is 0 Å². The van der Waals surface area contributed by atoms with Crippen LogP contribution in [0.5, 0.6) is 0 Å². The molecule has 1 saturated heterocycles. The Hall–Kier alpha value is -3.14. The van der Waals surface area contributed by atoms with Gasteiger partial charge in [-0.1, -0.05) is 17.6 Å². The van der Waals surface area contributed by atoms with E-state index in [2.05, 4.69) is 26.8 Å². The first kappa shape index (κ1) is 15.7. The van der Waals surface area contributed by atoms with Crippen molar-refractivity contribution >= 4 is 11.6 Å². The molecular weight excluding hydrogens is 306 g/mol. The maximum Gasteiger partial charge on any atom is 0.406 e.